The average Bonchev–Trinajstić information content (AvgIpc) is 2.45. The Morgan fingerprint density at radius 1 is 1.64 bits per heavy atom. The maximum absolute atomic E-state index is 10.9. The molecule has 1 aliphatic heterocycles. The number of carboxylic acids is 1. The molecule has 2 atom stereocenters. The van der Waals surface area contributed by atoms with E-state index in [1.54, 1.807) is 13.8 Å². The number of aliphatic carboxylic acids is 1. The van der Waals surface area contributed by atoms with Crippen molar-refractivity contribution in [3.05, 3.63) is 0 Å². The standard InChI is InChI=1S/C10H19NO3/c1-8(12)3-5-11-6-4-10(2,7-11)9(13)14/h8,12H,3-7H2,1-2H3,(H,13,14). The fourth-order valence-electron chi connectivity index (χ4n) is 1.79. The van der Waals surface area contributed by atoms with Crippen molar-refractivity contribution in [1.82, 2.24) is 4.90 Å². The van der Waals surface area contributed by atoms with Crippen LogP contribution in [0.4, 0.5) is 0 Å². The summed E-state index contributed by atoms with van der Waals surface area (Å²) in [5.74, 6) is -0.711. The van der Waals surface area contributed by atoms with Crippen LogP contribution in [0.3, 0.4) is 0 Å². The Hall–Kier alpha value is -0.610. The molecule has 0 radical (unpaired) electrons. The third-order valence-corrected chi connectivity index (χ3v) is 2.93. The van der Waals surface area contributed by atoms with Crippen molar-refractivity contribution in [1.29, 1.82) is 0 Å². The number of aliphatic hydroxyl groups excluding tert-OH is 1. The lowest BCUT2D eigenvalue weighted by atomic mass is 9.90. The molecule has 2 N–H and O–H groups in total. The van der Waals surface area contributed by atoms with Crippen molar-refractivity contribution in [2.75, 3.05) is 19.6 Å². The number of hydrogen-bond acceptors (Lipinski definition) is 3. The normalized spacial score (nSPS) is 30.5. The number of rotatable bonds is 4. The van der Waals surface area contributed by atoms with Gasteiger partial charge in [-0.2, -0.15) is 0 Å². The summed E-state index contributed by atoms with van der Waals surface area (Å²) in [4.78, 5) is 13.0. The first kappa shape index (κ1) is 11.5. The van der Waals surface area contributed by atoms with Gasteiger partial charge in [0.25, 0.3) is 0 Å². The van der Waals surface area contributed by atoms with Crippen LogP contribution in [0.2, 0.25) is 0 Å². The van der Waals surface area contributed by atoms with Gasteiger partial charge in [-0.1, -0.05) is 0 Å². The molecule has 0 saturated carbocycles. The highest BCUT2D eigenvalue weighted by atomic mass is 16.4. The Morgan fingerprint density at radius 3 is 2.71 bits per heavy atom. The summed E-state index contributed by atoms with van der Waals surface area (Å²) in [6, 6.07) is 0. The van der Waals surface area contributed by atoms with Gasteiger partial charge >= 0.3 is 5.97 Å². The Labute approximate surface area is 84.5 Å². The van der Waals surface area contributed by atoms with Crippen LogP contribution in [0.25, 0.3) is 0 Å². The van der Waals surface area contributed by atoms with Crippen LogP contribution >= 0.6 is 0 Å². The first-order valence-corrected chi connectivity index (χ1v) is 5.08. The molecule has 4 nitrogen and oxygen atoms in total. The number of carbonyl (C=O) groups is 1. The van der Waals surface area contributed by atoms with Crippen LogP contribution < -0.4 is 0 Å². The second-order valence-corrected chi connectivity index (χ2v) is 4.53. The number of carboxylic acid groups (broad SMARTS) is 1. The molecule has 1 rings (SSSR count). The summed E-state index contributed by atoms with van der Waals surface area (Å²) >= 11 is 0. The molecule has 14 heavy (non-hydrogen) atoms. The van der Waals surface area contributed by atoms with Crippen LogP contribution in [0.15, 0.2) is 0 Å². The van der Waals surface area contributed by atoms with Crippen LogP contribution in [-0.4, -0.2) is 46.8 Å². The Balaban J connectivity index is 2.37. The van der Waals surface area contributed by atoms with E-state index in [2.05, 4.69) is 4.90 Å². The second-order valence-electron chi connectivity index (χ2n) is 4.53. The minimum absolute atomic E-state index is 0.299. The van der Waals surface area contributed by atoms with Crippen molar-refractivity contribution in [3.8, 4) is 0 Å². The van der Waals surface area contributed by atoms with Gasteiger partial charge in [0.05, 0.1) is 11.5 Å². The fraction of sp³-hybridized carbons (Fsp3) is 0.900. The zero-order chi connectivity index (χ0) is 10.8. The lowest BCUT2D eigenvalue weighted by molar-refractivity contribution is -0.147. The predicted octanol–water partition coefficient (Wildman–Crippen LogP) is 0.554. The van der Waals surface area contributed by atoms with Crippen LogP contribution in [0.1, 0.15) is 26.7 Å². The van der Waals surface area contributed by atoms with Crippen molar-refractivity contribution in [2.24, 2.45) is 5.41 Å². The molecule has 82 valence electrons. The minimum atomic E-state index is -0.711. The fourth-order valence-corrected chi connectivity index (χ4v) is 1.79. The third-order valence-electron chi connectivity index (χ3n) is 2.93. The van der Waals surface area contributed by atoms with E-state index in [4.69, 9.17) is 10.2 Å². The first-order valence-electron chi connectivity index (χ1n) is 5.08. The van der Waals surface area contributed by atoms with Gasteiger partial charge in [0.2, 0.25) is 0 Å². The summed E-state index contributed by atoms with van der Waals surface area (Å²) in [6.07, 6.45) is 1.13. The Morgan fingerprint density at radius 2 is 2.29 bits per heavy atom. The van der Waals surface area contributed by atoms with Gasteiger partial charge in [-0.25, -0.2) is 0 Å². The monoisotopic (exact) mass is 201 g/mol. The van der Waals surface area contributed by atoms with E-state index in [0.29, 0.717) is 13.0 Å². The van der Waals surface area contributed by atoms with E-state index in [-0.39, 0.29) is 6.10 Å². The third kappa shape index (κ3) is 2.69. The van der Waals surface area contributed by atoms with Gasteiger partial charge in [0.1, 0.15) is 0 Å². The molecule has 1 saturated heterocycles. The summed E-state index contributed by atoms with van der Waals surface area (Å²) in [6.45, 7) is 5.77. The van der Waals surface area contributed by atoms with Gasteiger partial charge in [-0.15, -0.1) is 0 Å². The van der Waals surface area contributed by atoms with Crippen molar-refractivity contribution in [3.63, 3.8) is 0 Å². The number of nitrogens with zero attached hydrogens (tertiary/aromatic N) is 1. The minimum Gasteiger partial charge on any atom is -0.481 e. The molecule has 4 heteroatoms. The molecule has 0 spiro atoms. The Kier molecular flexibility index (Phi) is 3.50. The van der Waals surface area contributed by atoms with E-state index >= 15 is 0 Å². The molecular weight excluding hydrogens is 182 g/mol. The molecule has 1 heterocycles. The maximum atomic E-state index is 10.9. The van der Waals surface area contributed by atoms with Gasteiger partial charge in [-0.05, 0) is 33.2 Å². The smallest absolute Gasteiger partial charge is 0.310 e. The van der Waals surface area contributed by atoms with Crippen LogP contribution in [0, 0.1) is 5.41 Å². The highest BCUT2D eigenvalue weighted by molar-refractivity contribution is 5.74. The molecule has 1 aliphatic rings. The van der Waals surface area contributed by atoms with Gasteiger partial charge in [-0.3, -0.25) is 4.79 Å². The van der Waals surface area contributed by atoms with Crippen LogP contribution in [0.5, 0.6) is 0 Å². The van der Waals surface area contributed by atoms with E-state index in [1.165, 1.54) is 0 Å². The quantitative estimate of drug-likeness (QED) is 0.697. The van der Waals surface area contributed by atoms with Gasteiger partial charge in [0.15, 0.2) is 0 Å². The second kappa shape index (κ2) is 4.28. The summed E-state index contributed by atoms with van der Waals surface area (Å²) in [5.41, 5.74) is -0.585. The molecule has 0 aromatic carbocycles. The molecular formula is C10H19NO3. The van der Waals surface area contributed by atoms with Crippen molar-refractivity contribution in [2.45, 2.75) is 32.8 Å². The first-order chi connectivity index (χ1) is 6.44. The van der Waals surface area contributed by atoms with Gasteiger partial charge < -0.3 is 15.1 Å². The topological polar surface area (TPSA) is 60.8 Å². The van der Waals surface area contributed by atoms with E-state index in [0.717, 1.165) is 19.5 Å². The van der Waals surface area contributed by atoms with Gasteiger partial charge in [0, 0.05) is 13.1 Å². The molecule has 0 bridgehead atoms. The lowest BCUT2D eigenvalue weighted by Gasteiger charge is -2.20. The highest BCUT2D eigenvalue weighted by Crippen LogP contribution is 2.29. The van der Waals surface area contributed by atoms with Crippen LogP contribution in [-0.2, 0) is 4.79 Å². The summed E-state index contributed by atoms with van der Waals surface area (Å²) in [5, 5.41) is 18.1. The molecule has 0 aliphatic carbocycles. The zero-order valence-electron chi connectivity index (χ0n) is 8.86. The number of aliphatic hydroxyl groups is 1. The largest absolute Gasteiger partial charge is 0.481 e. The molecule has 0 aromatic rings. The average molecular weight is 201 g/mol. The number of hydrogen-bond donors (Lipinski definition) is 2. The zero-order valence-corrected chi connectivity index (χ0v) is 8.86. The number of likely N-dealkylation sites (tertiary alicyclic amines) is 1. The lowest BCUT2D eigenvalue weighted by Crippen LogP contribution is -2.32. The van der Waals surface area contributed by atoms with E-state index in [9.17, 15) is 4.79 Å². The molecule has 0 amide bonds. The predicted molar refractivity (Wildman–Crippen MR) is 53.1 cm³/mol. The molecule has 1 fully saturated rings. The molecule has 0 aromatic heterocycles. The van der Waals surface area contributed by atoms with Crippen molar-refractivity contribution < 1.29 is 15.0 Å². The molecule has 2 unspecified atom stereocenters. The van der Waals surface area contributed by atoms with E-state index < -0.39 is 11.4 Å². The Bertz CT molecular complexity index is 217. The van der Waals surface area contributed by atoms with Crippen molar-refractivity contribution >= 4 is 5.97 Å². The maximum Gasteiger partial charge on any atom is 0.310 e. The summed E-state index contributed by atoms with van der Waals surface area (Å²) < 4.78 is 0. The van der Waals surface area contributed by atoms with E-state index in [1.807, 2.05) is 0 Å². The highest BCUT2D eigenvalue weighted by Gasteiger charge is 2.39. The SMILES string of the molecule is CC(O)CCN1CCC(C)(C(=O)O)C1. The summed E-state index contributed by atoms with van der Waals surface area (Å²) in [7, 11) is 0.